The molecule has 166 valence electrons. The van der Waals surface area contributed by atoms with Crippen molar-refractivity contribution in [3.8, 4) is 0 Å². The molecule has 1 unspecified atom stereocenters. The summed E-state index contributed by atoms with van der Waals surface area (Å²) in [6, 6.07) is 7.03. The third kappa shape index (κ3) is 7.25. The van der Waals surface area contributed by atoms with Crippen molar-refractivity contribution in [2.45, 2.75) is 44.4 Å². The van der Waals surface area contributed by atoms with E-state index < -0.39 is 0 Å². The van der Waals surface area contributed by atoms with E-state index in [0.717, 1.165) is 57.5 Å². The first-order valence-electron chi connectivity index (χ1n) is 10.8. The minimum atomic E-state index is -0.197. The number of hydrogen-bond acceptors (Lipinski definition) is 4. The van der Waals surface area contributed by atoms with Gasteiger partial charge in [0, 0.05) is 52.9 Å². The molecular formula is C22H34FN5O2. The summed E-state index contributed by atoms with van der Waals surface area (Å²) in [4.78, 5) is 20.4. The van der Waals surface area contributed by atoms with Gasteiger partial charge in [-0.15, -0.1) is 0 Å². The van der Waals surface area contributed by atoms with E-state index >= 15 is 0 Å². The number of carbonyl (C=O) groups excluding carboxylic acids is 1. The first-order chi connectivity index (χ1) is 14.5. The summed E-state index contributed by atoms with van der Waals surface area (Å²) in [5.74, 6) is 0.455. The van der Waals surface area contributed by atoms with Crippen LogP contribution in [0.25, 0.3) is 0 Å². The number of likely N-dealkylation sites (tertiary alicyclic amines) is 1. The standard InChI is InChI=1S/C22H34FN5O2/c1-27(2)21(29)15-25-22(24-14-20-4-3-13-30-20)26-19-9-11-28(12-10-19)16-17-5-7-18(23)8-6-17/h5-8,19-20H,3-4,9-16H2,1-2H3,(H2,24,25,26). The van der Waals surface area contributed by atoms with Crippen LogP contribution in [-0.4, -0.2) is 80.7 Å². The van der Waals surface area contributed by atoms with Gasteiger partial charge in [-0.05, 0) is 43.4 Å². The number of halogens is 1. The van der Waals surface area contributed by atoms with Crippen molar-refractivity contribution in [3.05, 3.63) is 35.6 Å². The lowest BCUT2D eigenvalue weighted by molar-refractivity contribution is -0.127. The Morgan fingerprint density at radius 2 is 1.97 bits per heavy atom. The molecule has 2 heterocycles. The Morgan fingerprint density at radius 1 is 1.23 bits per heavy atom. The molecule has 0 bridgehead atoms. The number of likely N-dealkylation sites (N-methyl/N-ethyl adjacent to an activating group) is 1. The Labute approximate surface area is 178 Å². The molecule has 8 heteroatoms. The van der Waals surface area contributed by atoms with Gasteiger partial charge >= 0.3 is 0 Å². The number of guanidine groups is 1. The number of hydrogen-bond donors (Lipinski definition) is 2. The predicted molar refractivity (Wildman–Crippen MR) is 116 cm³/mol. The van der Waals surface area contributed by atoms with E-state index in [1.807, 2.05) is 12.1 Å². The summed E-state index contributed by atoms with van der Waals surface area (Å²) in [7, 11) is 3.48. The number of nitrogens with zero attached hydrogens (tertiary/aromatic N) is 3. The molecule has 2 fully saturated rings. The van der Waals surface area contributed by atoms with Gasteiger partial charge in [-0.1, -0.05) is 12.1 Å². The number of rotatable bonds is 7. The van der Waals surface area contributed by atoms with Gasteiger partial charge in [0.1, 0.15) is 12.4 Å². The second kappa shape index (κ2) is 11.3. The second-order valence-electron chi connectivity index (χ2n) is 8.29. The minimum Gasteiger partial charge on any atom is -0.376 e. The van der Waals surface area contributed by atoms with Crippen LogP contribution < -0.4 is 10.6 Å². The third-order valence-corrected chi connectivity index (χ3v) is 5.64. The van der Waals surface area contributed by atoms with Gasteiger partial charge in [-0.2, -0.15) is 0 Å². The van der Waals surface area contributed by atoms with Crippen LogP contribution in [0.2, 0.25) is 0 Å². The van der Waals surface area contributed by atoms with Gasteiger partial charge in [0.25, 0.3) is 0 Å². The Balaban J connectivity index is 1.48. The average molecular weight is 420 g/mol. The number of amides is 1. The topological polar surface area (TPSA) is 69.2 Å². The zero-order valence-corrected chi connectivity index (χ0v) is 18.1. The lowest BCUT2D eigenvalue weighted by atomic mass is 10.0. The first kappa shape index (κ1) is 22.5. The fraction of sp³-hybridized carbons (Fsp3) is 0.636. The highest BCUT2D eigenvalue weighted by Gasteiger charge is 2.21. The molecule has 1 amide bonds. The monoisotopic (exact) mass is 419 g/mol. The van der Waals surface area contributed by atoms with Crippen LogP contribution in [0.15, 0.2) is 29.3 Å². The molecule has 1 aromatic carbocycles. The van der Waals surface area contributed by atoms with Gasteiger partial charge in [0.15, 0.2) is 5.96 Å². The fourth-order valence-corrected chi connectivity index (χ4v) is 3.73. The number of carbonyl (C=O) groups is 1. The number of ether oxygens (including phenoxy) is 1. The van der Waals surface area contributed by atoms with Crippen molar-refractivity contribution < 1.29 is 13.9 Å². The van der Waals surface area contributed by atoms with Gasteiger partial charge < -0.3 is 20.3 Å². The van der Waals surface area contributed by atoms with Crippen LogP contribution in [0, 0.1) is 5.82 Å². The fourth-order valence-electron chi connectivity index (χ4n) is 3.73. The lowest BCUT2D eigenvalue weighted by Gasteiger charge is -2.33. The largest absolute Gasteiger partial charge is 0.376 e. The zero-order valence-electron chi connectivity index (χ0n) is 18.1. The Morgan fingerprint density at radius 3 is 2.60 bits per heavy atom. The van der Waals surface area contributed by atoms with Crippen LogP contribution in [0.4, 0.5) is 4.39 Å². The number of nitrogens with one attached hydrogen (secondary N) is 2. The Kier molecular flexibility index (Phi) is 8.45. The van der Waals surface area contributed by atoms with E-state index in [0.29, 0.717) is 18.5 Å². The lowest BCUT2D eigenvalue weighted by Crippen LogP contribution is -2.50. The summed E-state index contributed by atoms with van der Waals surface area (Å²) in [6.07, 6.45) is 4.34. The summed E-state index contributed by atoms with van der Waals surface area (Å²) in [5.41, 5.74) is 1.13. The molecule has 2 aliphatic heterocycles. The second-order valence-corrected chi connectivity index (χ2v) is 8.29. The van der Waals surface area contributed by atoms with E-state index in [-0.39, 0.29) is 24.4 Å². The van der Waals surface area contributed by atoms with Crippen LogP contribution in [-0.2, 0) is 16.1 Å². The van der Waals surface area contributed by atoms with Crippen molar-refractivity contribution in [2.75, 3.05) is 46.9 Å². The first-order valence-corrected chi connectivity index (χ1v) is 10.8. The van der Waals surface area contributed by atoms with E-state index in [1.54, 1.807) is 19.0 Å². The quantitative estimate of drug-likeness (QED) is 0.519. The molecule has 1 atom stereocenters. The van der Waals surface area contributed by atoms with Crippen molar-refractivity contribution in [1.82, 2.24) is 20.4 Å². The molecule has 3 rings (SSSR count). The highest BCUT2D eigenvalue weighted by Crippen LogP contribution is 2.15. The SMILES string of the molecule is CN(C)C(=O)CN=C(NCC1CCCO1)NC1CCN(Cc2ccc(F)cc2)CC1. The number of aliphatic imine (C=N–C) groups is 1. The molecule has 2 saturated heterocycles. The van der Waals surface area contributed by atoms with Gasteiger partial charge in [-0.3, -0.25) is 9.69 Å². The van der Waals surface area contributed by atoms with Crippen LogP contribution in [0.1, 0.15) is 31.2 Å². The molecule has 2 aliphatic rings. The normalized spacial score (nSPS) is 20.9. The Hall–Kier alpha value is -2.19. The van der Waals surface area contributed by atoms with E-state index in [4.69, 9.17) is 4.74 Å². The van der Waals surface area contributed by atoms with E-state index in [2.05, 4.69) is 20.5 Å². The highest BCUT2D eigenvalue weighted by molar-refractivity contribution is 5.85. The van der Waals surface area contributed by atoms with E-state index in [9.17, 15) is 9.18 Å². The maximum absolute atomic E-state index is 13.1. The molecule has 0 radical (unpaired) electrons. The minimum absolute atomic E-state index is 0.0256. The summed E-state index contributed by atoms with van der Waals surface area (Å²) in [5, 5.41) is 6.86. The molecule has 7 nitrogen and oxygen atoms in total. The average Bonchev–Trinajstić information content (AvgIpc) is 3.26. The number of benzene rings is 1. The molecule has 30 heavy (non-hydrogen) atoms. The smallest absolute Gasteiger partial charge is 0.243 e. The molecule has 0 aliphatic carbocycles. The molecule has 0 aromatic heterocycles. The maximum atomic E-state index is 13.1. The summed E-state index contributed by atoms with van der Waals surface area (Å²) >= 11 is 0. The van der Waals surface area contributed by atoms with Crippen LogP contribution in [0.5, 0.6) is 0 Å². The van der Waals surface area contributed by atoms with Crippen molar-refractivity contribution >= 4 is 11.9 Å². The summed E-state index contributed by atoms with van der Waals surface area (Å²) in [6.45, 7) is 4.40. The van der Waals surface area contributed by atoms with Gasteiger partial charge in [0.2, 0.25) is 5.91 Å². The number of piperidine rings is 1. The van der Waals surface area contributed by atoms with E-state index in [1.165, 1.54) is 12.1 Å². The molecule has 1 aromatic rings. The molecule has 0 spiro atoms. The third-order valence-electron chi connectivity index (χ3n) is 5.64. The molecular weight excluding hydrogens is 385 g/mol. The van der Waals surface area contributed by atoms with Crippen molar-refractivity contribution in [2.24, 2.45) is 4.99 Å². The zero-order chi connectivity index (χ0) is 21.3. The Bertz CT molecular complexity index is 696. The van der Waals surface area contributed by atoms with Gasteiger partial charge in [0.05, 0.1) is 6.10 Å². The van der Waals surface area contributed by atoms with Crippen molar-refractivity contribution in [1.29, 1.82) is 0 Å². The van der Waals surface area contributed by atoms with Crippen LogP contribution in [0.3, 0.4) is 0 Å². The summed E-state index contributed by atoms with van der Waals surface area (Å²) < 4.78 is 18.8. The van der Waals surface area contributed by atoms with Gasteiger partial charge in [-0.25, -0.2) is 9.38 Å². The highest BCUT2D eigenvalue weighted by atomic mass is 19.1. The predicted octanol–water partition coefficient (Wildman–Crippen LogP) is 1.59. The maximum Gasteiger partial charge on any atom is 0.243 e. The van der Waals surface area contributed by atoms with Crippen LogP contribution >= 0.6 is 0 Å². The molecule has 0 saturated carbocycles. The molecule has 2 N–H and O–H groups in total. The van der Waals surface area contributed by atoms with Crippen molar-refractivity contribution in [3.63, 3.8) is 0 Å².